The van der Waals surface area contributed by atoms with Crippen molar-refractivity contribution in [2.24, 2.45) is 0 Å². The van der Waals surface area contributed by atoms with E-state index in [1.54, 1.807) is 18.0 Å². The molecule has 0 bridgehead atoms. The Hall–Kier alpha value is -3.73. The normalized spacial score (nSPS) is 10.8. The molecule has 4 aromatic rings. The monoisotopic (exact) mass is 397 g/mol. The fourth-order valence-electron chi connectivity index (χ4n) is 3.47. The molecule has 1 aromatic heterocycles. The van der Waals surface area contributed by atoms with E-state index in [1.165, 1.54) is 16.5 Å². The highest BCUT2D eigenvalue weighted by Gasteiger charge is 2.11. The number of amides is 1. The third kappa shape index (κ3) is 4.30. The third-order valence-corrected chi connectivity index (χ3v) is 5.20. The molecular formula is C25H23N3O2. The lowest BCUT2D eigenvalue weighted by molar-refractivity contribution is -0.130. The number of rotatable bonds is 6. The van der Waals surface area contributed by atoms with E-state index >= 15 is 0 Å². The molecule has 150 valence electrons. The van der Waals surface area contributed by atoms with Crippen molar-refractivity contribution in [3.8, 4) is 11.1 Å². The van der Waals surface area contributed by atoms with Crippen LogP contribution in [0.4, 0.5) is 0 Å². The highest BCUT2D eigenvalue weighted by atomic mass is 16.2. The van der Waals surface area contributed by atoms with E-state index < -0.39 is 0 Å². The number of aryl methyl sites for hydroxylation is 1. The van der Waals surface area contributed by atoms with Crippen LogP contribution >= 0.6 is 0 Å². The molecule has 0 unspecified atom stereocenters. The highest BCUT2D eigenvalue weighted by Crippen LogP contribution is 2.19. The van der Waals surface area contributed by atoms with Crippen LogP contribution in [0.25, 0.3) is 22.0 Å². The van der Waals surface area contributed by atoms with E-state index in [2.05, 4.69) is 29.2 Å². The van der Waals surface area contributed by atoms with Crippen molar-refractivity contribution < 1.29 is 4.79 Å². The summed E-state index contributed by atoms with van der Waals surface area (Å²) in [6, 6.07) is 25.7. The lowest BCUT2D eigenvalue weighted by Crippen LogP contribution is -2.29. The molecule has 5 heteroatoms. The van der Waals surface area contributed by atoms with Gasteiger partial charge in [0.25, 0.3) is 5.56 Å². The molecule has 0 atom stereocenters. The summed E-state index contributed by atoms with van der Waals surface area (Å²) < 4.78 is 1.50. The Balaban J connectivity index is 1.37. The zero-order valence-electron chi connectivity index (χ0n) is 16.9. The molecule has 0 spiro atoms. The van der Waals surface area contributed by atoms with Crippen LogP contribution in [0.1, 0.15) is 12.0 Å². The van der Waals surface area contributed by atoms with E-state index in [-0.39, 0.29) is 17.9 Å². The maximum Gasteiger partial charge on any atom is 0.261 e. The van der Waals surface area contributed by atoms with Crippen LogP contribution in [-0.4, -0.2) is 27.4 Å². The van der Waals surface area contributed by atoms with Crippen LogP contribution in [0.15, 0.2) is 90.0 Å². The molecule has 1 amide bonds. The third-order valence-electron chi connectivity index (χ3n) is 5.20. The molecule has 3 aromatic carbocycles. The number of hydrogen-bond acceptors (Lipinski definition) is 3. The summed E-state index contributed by atoms with van der Waals surface area (Å²) in [5.74, 6) is -0.0119. The Morgan fingerprint density at radius 3 is 2.33 bits per heavy atom. The molecule has 0 saturated carbocycles. The highest BCUT2D eigenvalue weighted by molar-refractivity contribution is 5.77. The van der Waals surface area contributed by atoms with Crippen molar-refractivity contribution in [3.63, 3.8) is 0 Å². The van der Waals surface area contributed by atoms with Crippen LogP contribution in [0.3, 0.4) is 0 Å². The number of fused-ring (bicyclic) bond motifs is 1. The van der Waals surface area contributed by atoms with Gasteiger partial charge >= 0.3 is 0 Å². The van der Waals surface area contributed by atoms with E-state index in [4.69, 9.17) is 0 Å². The Bertz CT molecular complexity index is 1210. The van der Waals surface area contributed by atoms with Gasteiger partial charge in [0.05, 0.1) is 17.2 Å². The molecule has 0 N–H and O–H groups in total. The summed E-state index contributed by atoms with van der Waals surface area (Å²) in [5.41, 5.74) is 3.93. The van der Waals surface area contributed by atoms with Gasteiger partial charge in [-0.15, -0.1) is 0 Å². The summed E-state index contributed by atoms with van der Waals surface area (Å²) in [5, 5.41) is 0.569. The number of nitrogens with zero attached hydrogens (tertiary/aromatic N) is 3. The second kappa shape index (κ2) is 8.74. The van der Waals surface area contributed by atoms with Crippen molar-refractivity contribution in [1.29, 1.82) is 0 Å². The maximum atomic E-state index is 12.6. The molecule has 0 aliphatic carbocycles. The van der Waals surface area contributed by atoms with Gasteiger partial charge in [0.15, 0.2) is 0 Å². The fourth-order valence-corrected chi connectivity index (χ4v) is 3.47. The van der Waals surface area contributed by atoms with Crippen molar-refractivity contribution in [3.05, 3.63) is 101 Å². The second-order valence-electron chi connectivity index (χ2n) is 7.32. The molecule has 30 heavy (non-hydrogen) atoms. The Morgan fingerprint density at radius 1 is 0.900 bits per heavy atom. The van der Waals surface area contributed by atoms with E-state index in [1.807, 2.05) is 48.5 Å². The van der Waals surface area contributed by atoms with E-state index in [9.17, 15) is 9.59 Å². The smallest absolute Gasteiger partial charge is 0.261 e. The second-order valence-corrected chi connectivity index (χ2v) is 7.32. The van der Waals surface area contributed by atoms with Crippen LogP contribution < -0.4 is 5.56 Å². The van der Waals surface area contributed by atoms with Crippen LogP contribution in [0, 0.1) is 0 Å². The minimum Gasteiger partial charge on any atom is -0.341 e. The van der Waals surface area contributed by atoms with Gasteiger partial charge in [0.2, 0.25) is 5.91 Å². The summed E-state index contributed by atoms with van der Waals surface area (Å²) >= 11 is 0. The zero-order valence-corrected chi connectivity index (χ0v) is 16.9. The Kier molecular flexibility index (Phi) is 5.70. The largest absolute Gasteiger partial charge is 0.341 e. The number of para-hydroxylation sites is 1. The summed E-state index contributed by atoms with van der Waals surface area (Å²) in [6.07, 6.45) is 1.76. The summed E-state index contributed by atoms with van der Waals surface area (Å²) in [6.45, 7) is 0.839. The Morgan fingerprint density at radius 2 is 1.57 bits per heavy atom. The summed E-state index contributed by atoms with van der Waals surface area (Å²) in [4.78, 5) is 31.1. The minimum absolute atomic E-state index is 0.0119. The fraction of sp³-hybridized carbons (Fsp3) is 0.160. The molecule has 0 aliphatic rings. The predicted octanol–water partition coefficient (Wildman–Crippen LogP) is 4.11. The van der Waals surface area contributed by atoms with Gasteiger partial charge in [-0.1, -0.05) is 66.7 Å². The Labute approximate surface area is 175 Å². The lowest BCUT2D eigenvalue weighted by Gasteiger charge is -2.18. The van der Waals surface area contributed by atoms with Crippen molar-refractivity contribution in [1.82, 2.24) is 14.5 Å². The van der Waals surface area contributed by atoms with Gasteiger partial charge in [0.1, 0.15) is 0 Å². The van der Waals surface area contributed by atoms with Gasteiger partial charge in [-0.25, -0.2) is 4.98 Å². The molecule has 0 aliphatic heterocycles. The van der Waals surface area contributed by atoms with Gasteiger partial charge in [-0.05, 0) is 28.8 Å². The van der Waals surface area contributed by atoms with Crippen molar-refractivity contribution >= 4 is 16.8 Å². The first-order valence-electron chi connectivity index (χ1n) is 9.94. The molecule has 0 radical (unpaired) electrons. The molecule has 5 nitrogen and oxygen atoms in total. The maximum absolute atomic E-state index is 12.6. The molecule has 4 rings (SSSR count). The van der Waals surface area contributed by atoms with Crippen LogP contribution in [-0.2, 0) is 17.9 Å². The SMILES string of the molecule is CN(Cc1ccc(-c2ccccc2)cc1)C(=O)CCn1cnc2ccccc2c1=O. The molecular weight excluding hydrogens is 374 g/mol. The van der Waals surface area contributed by atoms with Gasteiger partial charge in [-0.3, -0.25) is 14.2 Å². The minimum atomic E-state index is -0.118. The van der Waals surface area contributed by atoms with Gasteiger partial charge in [0, 0.05) is 26.6 Å². The van der Waals surface area contributed by atoms with Crippen LogP contribution in [0.2, 0.25) is 0 Å². The first kappa shape index (κ1) is 19.6. The number of benzene rings is 3. The molecule has 0 fully saturated rings. The van der Waals surface area contributed by atoms with Crippen molar-refractivity contribution in [2.75, 3.05) is 7.05 Å². The van der Waals surface area contributed by atoms with Gasteiger partial charge in [-0.2, -0.15) is 0 Å². The molecule has 1 heterocycles. The van der Waals surface area contributed by atoms with Crippen molar-refractivity contribution in [2.45, 2.75) is 19.5 Å². The van der Waals surface area contributed by atoms with E-state index in [0.717, 1.165) is 11.1 Å². The van der Waals surface area contributed by atoms with Gasteiger partial charge < -0.3 is 4.90 Å². The number of carbonyl (C=O) groups is 1. The van der Waals surface area contributed by atoms with E-state index in [0.29, 0.717) is 24.0 Å². The number of hydrogen-bond donors (Lipinski definition) is 0. The predicted molar refractivity (Wildman–Crippen MR) is 119 cm³/mol. The quantitative estimate of drug-likeness (QED) is 0.492. The lowest BCUT2D eigenvalue weighted by atomic mass is 10.0. The topological polar surface area (TPSA) is 55.2 Å². The first-order chi connectivity index (χ1) is 14.6. The average molecular weight is 397 g/mol. The first-order valence-corrected chi connectivity index (χ1v) is 9.94. The standard InChI is InChI=1S/C25H23N3O2/c1-27(17-19-11-13-21(14-12-19)20-7-3-2-4-8-20)24(29)15-16-28-18-26-23-10-6-5-9-22(23)25(28)30/h2-14,18H,15-17H2,1H3. The average Bonchev–Trinajstić information content (AvgIpc) is 2.79. The number of aromatic nitrogens is 2. The zero-order chi connectivity index (χ0) is 20.9. The molecule has 0 saturated heterocycles. The van der Waals surface area contributed by atoms with Crippen LogP contribution in [0.5, 0.6) is 0 Å². The summed E-state index contributed by atoms with van der Waals surface area (Å²) in [7, 11) is 1.79. The number of carbonyl (C=O) groups excluding carboxylic acids is 1.